The molecule has 1 saturated heterocycles. The van der Waals surface area contributed by atoms with E-state index < -0.39 is 0 Å². The summed E-state index contributed by atoms with van der Waals surface area (Å²) in [5, 5.41) is 21.4. The number of aliphatic hydroxyl groups is 2. The van der Waals surface area contributed by atoms with Crippen LogP contribution in [0.15, 0.2) is 0 Å². The van der Waals surface area contributed by atoms with E-state index in [9.17, 15) is 0 Å². The van der Waals surface area contributed by atoms with Crippen LogP contribution in [0.2, 0.25) is 0 Å². The average Bonchev–Trinajstić information content (AvgIpc) is 3.01. The predicted octanol–water partition coefficient (Wildman–Crippen LogP) is -0.305. The van der Waals surface area contributed by atoms with Crippen LogP contribution in [-0.4, -0.2) is 71.1 Å². The Kier molecular flexibility index (Phi) is 5.94. The Hall–Kier alpha value is -1.67. The van der Waals surface area contributed by atoms with Gasteiger partial charge in [-0.05, 0) is 19.8 Å². The standard InChI is InChI=1S/C13H24N6O2/c1-2-14-11-15-12(18-5-3-4-6-18)17-13(16-11)19(7-9-20)8-10-21/h20-21H,2-10H2,1H3,(H,14,15,16,17). The van der Waals surface area contributed by atoms with Crippen molar-refractivity contribution in [3.8, 4) is 0 Å². The van der Waals surface area contributed by atoms with Gasteiger partial charge >= 0.3 is 0 Å². The molecule has 0 spiro atoms. The first-order chi connectivity index (χ1) is 10.3. The van der Waals surface area contributed by atoms with Crippen LogP contribution in [-0.2, 0) is 0 Å². The predicted molar refractivity (Wildman–Crippen MR) is 81.8 cm³/mol. The third-order valence-electron chi connectivity index (χ3n) is 3.36. The molecule has 2 heterocycles. The van der Waals surface area contributed by atoms with E-state index in [-0.39, 0.29) is 13.2 Å². The van der Waals surface area contributed by atoms with Crippen molar-refractivity contribution in [2.75, 3.05) is 61.1 Å². The lowest BCUT2D eigenvalue weighted by molar-refractivity contribution is 0.280. The fraction of sp³-hybridized carbons (Fsp3) is 0.769. The summed E-state index contributed by atoms with van der Waals surface area (Å²) < 4.78 is 0. The molecule has 8 heteroatoms. The second kappa shape index (κ2) is 7.94. The van der Waals surface area contributed by atoms with Crippen molar-refractivity contribution in [1.29, 1.82) is 0 Å². The Morgan fingerprint density at radius 3 is 2.33 bits per heavy atom. The zero-order valence-corrected chi connectivity index (χ0v) is 12.5. The molecule has 1 aliphatic heterocycles. The summed E-state index contributed by atoms with van der Waals surface area (Å²) in [7, 11) is 0. The van der Waals surface area contributed by atoms with Gasteiger partial charge in [0.2, 0.25) is 17.8 Å². The quantitative estimate of drug-likeness (QED) is 0.601. The highest BCUT2D eigenvalue weighted by Gasteiger charge is 2.19. The van der Waals surface area contributed by atoms with E-state index in [1.165, 1.54) is 0 Å². The molecule has 0 aromatic carbocycles. The van der Waals surface area contributed by atoms with Crippen LogP contribution in [0.25, 0.3) is 0 Å². The van der Waals surface area contributed by atoms with E-state index >= 15 is 0 Å². The SMILES string of the molecule is CCNc1nc(N(CCO)CCO)nc(N2CCCC2)n1. The van der Waals surface area contributed by atoms with Gasteiger partial charge in [-0.15, -0.1) is 0 Å². The molecule has 0 saturated carbocycles. The maximum Gasteiger partial charge on any atom is 0.232 e. The van der Waals surface area contributed by atoms with Gasteiger partial charge in [0.1, 0.15) is 0 Å². The highest BCUT2D eigenvalue weighted by Crippen LogP contribution is 2.20. The third kappa shape index (κ3) is 4.15. The highest BCUT2D eigenvalue weighted by atomic mass is 16.3. The van der Waals surface area contributed by atoms with Gasteiger partial charge in [0, 0.05) is 32.7 Å². The van der Waals surface area contributed by atoms with Crippen molar-refractivity contribution in [2.24, 2.45) is 0 Å². The van der Waals surface area contributed by atoms with Crippen molar-refractivity contribution >= 4 is 17.8 Å². The van der Waals surface area contributed by atoms with E-state index in [0.717, 1.165) is 32.5 Å². The van der Waals surface area contributed by atoms with Crippen LogP contribution in [0.4, 0.5) is 17.8 Å². The van der Waals surface area contributed by atoms with Gasteiger partial charge in [-0.2, -0.15) is 15.0 Å². The smallest absolute Gasteiger partial charge is 0.232 e. The Morgan fingerprint density at radius 1 is 1.10 bits per heavy atom. The van der Waals surface area contributed by atoms with Gasteiger partial charge in [-0.25, -0.2) is 0 Å². The zero-order chi connectivity index (χ0) is 15.1. The Morgan fingerprint density at radius 2 is 1.76 bits per heavy atom. The number of anilines is 3. The minimum Gasteiger partial charge on any atom is -0.395 e. The fourth-order valence-electron chi connectivity index (χ4n) is 2.34. The Labute approximate surface area is 124 Å². The molecule has 1 fully saturated rings. The topological polar surface area (TPSA) is 97.6 Å². The molecule has 3 N–H and O–H groups in total. The van der Waals surface area contributed by atoms with Gasteiger partial charge < -0.3 is 25.3 Å². The molecule has 0 atom stereocenters. The second-order valence-electron chi connectivity index (χ2n) is 4.92. The largest absolute Gasteiger partial charge is 0.395 e. The van der Waals surface area contributed by atoms with Crippen LogP contribution in [0.3, 0.4) is 0 Å². The summed E-state index contributed by atoms with van der Waals surface area (Å²) in [4.78, 5) is 17.2. The molecular weight excluding hydrogens is 272 g/mol. The fourth-order valence-corrected chi connectivity index (χ4v) is 2.34. The minimum absolute atomic E-state index is 0.0126. The third-order valence-corrected chi connectivity index (χ3v) is 3.36. The molecule has 0 unspecified atom stereocenters. The van der Waals surface area contributed by atoms with Crippen molar-refractivity contribution in [3.63, 3.8) is 0 Å². The average molecular weight is 296 g/mol. The molecule has 1 aromatic heterocycles. The Bertz CT molecular complexity index is 433. The minimum atomic E-state index is -0.0126. The van der Waals surface area contributed by atoms with Crippen molar-refractivity contribution in [1.82, 2.24) is 15.0 Å². The van der Waals surface area contributed by atoms with Gasteiger partial charge in [0.05, 0.1) is 13.2 Å². The monoisotopic (exact) mass is 296 g/mol. The number of rotatable bonds is 8. The van der Waals surface area contributed by atoms with Crippen LogP contribution in [0.5, 0.6) is 0 Å². The number of aliphatic hydroxyl groups excluding tert-OH is 2. The molecular formula is C13H24N6O2. The summed E-state index contributed by atoms with van der Waals surface area (Å²) in [6, 6.07) is 0. The molecule has 2 rings (SSSR count). The lowest BCUT2D eigenvalue weighted by atomic mass is 10.4. The lowest BCUT2D eigenvalue weighted by Gasteiger charge is -2.23. The summed E-state index contributed by atoms with van der Waals surface area (Å²) >= 11 is 0. The summed E-state index contributed by atoms with van der Waals surface area (Å²) in [6.45, 7) is 5.36. The van der Waals surface area contributed by atoms with Gasteiger partial charge in [-0.1, -0.05) is 0 Å². The second-order valence-corrected chi connectivity index (χ2v) is 4.92. The number of hydrogen-bond acceptors (Lipinski definition) is 8. The summed E-state index contributed by atoms with van der Waals surface area (Å²) in [6.07, 6.45) is 2.29. The van der Waals surface area contributed by atoms with Crippen molar-refractivity contribution in [3.05, 3.63) is 0 Å². The van der Waals surface area contributed by atoms with Crippen LogP contribution < -0.4 is 15.1 Å². The molecule has 0 aliphatic carbocycles. The first kappa shape index (κ1) is 15.7. The maximum atomic E-state index is 9.16. The molecule has 0 amide bonds. The normalized spacial score (nSPS) is 14.5. The van der Waals surface area contributed by atoms with Gasteiger partial charge in [0.15, 0.2) is 0 Å². The number of nitrogens with zero attached hydrogens (tertiary/aromatic N) is 5. The molecule has 8 nitrogen and oxygen atoms in total. The number of aromatic nitrogens is 3. The molecule has 118 valence electrons. The van der Waals surface area contributed by atoms with E-state index in [2.05, 4.69) is 25.2 Å². The highest BCUT2D eigenvalue weighted by molar-refractivity contribution is 5.45. The number of hydrogen-bond donors (Lipinski definition) is 3. The lowest BCUT2D eigenvalue weighted by Crippen LogP contribution is -2.32. The van der Waals surface area contributed by atoms with E-state index in [4.69, 9.17) is 10.2 Å². The van der Waals surface area contributed by atoms with Crippen LogP contribution in [0.1, 0.15) is 19.8 Å². The molecule has 0 radical (unpaired) electrons. The number of nitrogens with one attached hydrogen (secondary N) is 1. The summed E-state index contributed by atoms with van der Waals surface area (Å²) in [5.74, 6) is 1.69. The van der Waals surface area contributed by atoms with E-state index in [1.54, 1.807) is 4.90 Å². The first-order valence-electron chi connectivity index (χ1n) is 7.50. The van der Waals surface area contributed by atoms with Gasteiger partial charge in [0.25, 0.3) is 0 Å². The van der Waals surface area contributed by atoms with Crippen molar-refractivity contribution in [2.45, 2.75) is 19.8 Å². The molecule has 1 aliphatic rings. The van der Waals surface area contributed by atoms with Crippen molar-refractivity contribution < 1.29 is 10.2 Å². The zero-order valence-electron chi connectivity index (χ0n) is 12.5. The first-order valence-corrected chi connectivity index (χ1v) is 7.50. The molecule has 21 heavy (non-hydrogen) atoms. The van der Waals surface area contributed by atoms with E-state index in [0.29, 0.717) is 30.9 Å². The van der Waals surface area contributed by atoms with Crippen LogP contribution >= 0.6 is 0 Å². The van der Waals surface area contributed by atoms with E-state index in [1.807, 2.05) is 6.92 Å². The maximum absolute atomic E-state index is 9.16. The molecule has 0 bridgehead atoms. The van der Waals surface area contributed by atoms with Gasteiger partial charge in [-0.3, -0.25) is 0 Å². The van der Waals surface area contributed by atoms with Crippen LogP contribution in [0, 0.1) is 0 Å². The molecule has 1 aromatic rings. The Balaban J connectivity index is 2.28. The summed E-state index contributed by atoms with van der Waals surface area (Å²) in [5.41, 5.74) is 0.